The van der Waals surface area contributed by atoms with Gasteiger partial charge >= 0.3 is 0 Å². The molecule has 6 heteroatoms. The van der Waals surface area contributed by atoms with Gasteiger partial charge in [-0.1, -0.05) is 0 Å². The van der Waals surface area contributed by atoms with E-state index in [1.165, 1.54) is 32.4 Å². The van der Waals surface area contributed by atoms with Gasteiger partial charge in [0, 0.05) is 31.7 Å². The molecular formula is C12H20N6. The maximum atomic E-state index is 5.70. The van der Waals surface area contributed by atoms with Crippen molar-refractivity contribution in [3.05, 3.63) is 6.07 Å². The molecule has 0 aromatic carbocycles. The fraction of sp³-hybridized carbons (Fsp3) is 0.667. The fourth-order valence-corrected chi connectivity index (χ4v) is 3.11. The summed E-state index contributed by atoms with van der Waals surface area (Å²) in [5, 5.41) is 6.51. The molecule has 2 unspecified atom stereocenters. The molecule has 0 spiro atoms. The number of aromatic nitrogens is 2. The highest BCUT2D eigenvalue weighted by Gasteiger charge is 2.37. The molecular weight excluding hydrogens is 228 g/mol. The summed E-state index contributed by atoms with van der Waals surface area (Å²) in [5.41, 5.74) is 5.70. The second-order valence-corrected chi connectivity index (χ2v) is 5.03. The van der Waals surface area contributed by atoms with Crippen LogP contribution in [-0.2, 0) is 0 Å². The SMILES string of the molecule is CNc1cc(NC2CCN3CCCC23)nc(N)n1. The van der Waals surface area contributed by atoms with Gasteiger partial charge in [-0.2, -0.15) is 9.97 Å². The Hall–Kier alpha value is -1.56. The van der Waals surface area contributed by atoms with Gasteiger partial charge in [-0.25, -0.2) is 0 Å². The number of anilines is 3. The molecule has 4 N–H and O–H groups in total. The first kappa shape index (κ1) is 11.5. The monoisotopic (exact) mass is 248 g/mol. The number of fused-ring (bicyclic) bond motifs is 1. The van der Waals surface area contributed by atoms with Gasteiger partial charge in [-0.05, 0) is 25.8 Å². The summed E-state index contributed by atoms with van der Waals surface area (Å²) in [4.78, 5) is 10.9. The molecule has 3 rings (SSSR count). The van der Waals surface area contributed by atoms with Gasteiger partial charge in [0.05, 0.1) is 0 Å². The first-order valence-electron chi connectivity index (χ1n) is 6.59. The number of nitrogen functional groups attached to an aromatic ring is 1. The highest BCUT2D eigenvalue weighted by molar-refractivity contribution is 5.51. The van der Waals surface area contributed by atoms with E-state index in [0.717, 1.165) is 11.6 Å². The Balaban J connectivity index is 1.74. The normalized spacial score (nSPS) is 27.2. The zero-order valence-corrected chi connectivity index (χ0v) is 10.7. The molecule has 2 fully saturated rings. The minimum Gasteiger partial charge on any atom is -0.373 e. The van der Waals surface area contributed by atoms with Crippen LogP contribution in [0.25, 0.3) is 0 Å². The van der Waals surface area contributed by atoms with Gasteiger partial charge in [0.15, 0.2) is 0 Å². The first-order valence-corrected chi connectivity index (χ1v) is 6.59. The van der Waals surface area contributed by atoms with E-state index in [4.69, 9.17) is 5.73 Å². The molecule has 18 heavy (non-hydrogen) atoms. The molecule has 3 heterocycles. The Bertz CT molecular complexity index is 435. The van der Waals surface area contributed by atoms with Crippen molar-refractivity contribution in [2.45, 2.75) is 31.3 Å². The lowest BCUT2D eigenvalue weighted by molar-refractivity contribution is 0.318. The van der Waals surface area contributed by atoms with Crippen molar-refractivity contribution >= 4 is 17.6 Å². The maximum absolute atomic E-state index is 5.70. The van der Waals surface area contributed by atoms with Crippen LogP contribution in [0.15, 0.2) is 6.07 Å². The van der Waals surface area contributed by atoms with Crippen LogP contribution < -0.4 is 16.4 Å². The topological polar surface area (TPSA) is 79.1 Å². The molecule has 6 nitrogen and oxygen atoms in total. The van der Waals surface area contributed by atoms with Crippen LogP contribution >= 0.6 is 0 Å². The lowest BCUT2D eigenvalue weighted by atomic mass is 10.1. The van der Waals surface area contributed by atoms with Crippen molar-refractivity contribution in [1.29, 1.82) is 0 Å². The van der Waals surface area contributed by atoms with E-state index in [0.29, 0.717) is 18.0 Å². The number of hydrogen-bond acceptors (Lipinski definition) is 6. The summed E-state index contributed by atoms with van der Waals surface area (Å²) in [6, 6.07) is 3.07. The molecule has 0 bridgehead atoms. The Morgan fingerprint density at radius 1 is 1.28 bits per heavy atom. The van der Waals surface area contributed by atoms with Crippen LogP contribution in [0.2, 0.25) is 0 Å². The average molecular weight is 248 g/mol. The minimum absolute atomic E-state index is 0.311. The van der Waals surface area contributed by atoms with Crippen LogP contribution in [0, 0.1) is 0 Å². The molecule has 2 saturated heterocycles. The Morgan fingerprint density at radius 2 is 2.11 bits per heavy atom. The first-order chi connectivity index (χ1) is 8.76. The van der Waals surface area contributed by atoms with E-state index < -0.39 is 0 Å². The number of nitrogens with one attached hydrogen (secondary N) is 2. The van der Waals surface area contributed by atoms with Crippen LogP contribution in [0.1, 0.15) is 19.3 Å². The molecule has 98 valence electrons. The molecule has 2 aliphatic heterocycles. The molecule has 2 atom stereocenters. The van der Waals surface area contributed by atoms with Crippen molar-refractivity contribution in [2.24, 2.45) is 0 Å². The van der Waals surface area contributed by atoms with Crippen LogP contribution in [-0.4, -0.2) is 47.1 Å². The zero-order valence-electron chi connectivity index (χ0n) is 10.7. The molecule has 1 aromatic rings. The third-order valence-electron chi connectivity index (χ3n) is 3.94. The van der Waals surface area contributed by atoms with E-state index in [1.54, 1.807) is 0 Å². The van der Waals surface area contributed by atoms with E-state index >= 15 is 0 Å². The van der Waals surface area contributed by atoms with Crippen LogP contribution in [0.3, 0.4) is 0 Å². The summed E-state index contributed by atoms with van der Waals surface area (Å²) < 4.78 is 0. The number of nitrogens with two attached hydrogens (primary N) is 1. The van der Waals surface area contributed by atoms with Crippen molar-refractivity contribution in [1.82, 2.24) is 14.9 Å². The average Bonchev–Trinajstić information content (AvgIpc) is 2.93. The van der Waals surface area contributed by atoms with Gasteiger partial charge in [0.2, 0.25) is 5.95 Å². The van der Waals surface area contributed by atoms with Crippen molar-refractivity contribution in [3.8, 4) is 0 Å². The van der Waals surface area contributed by atoms with E-state index in [2.05, 4.69) is 25.5 Å². The molecule has 0 saturated carbocycles. The standard InChI is InChI=1S/C12H20N6/c1-14-10-7-11(17-12(13)16-10)15-8-4-6-18-5-2-3-9(8)18/h7-9H,2-6H2,1H3,(H4,13,14,15,16,17). The van der Waals surface area contributed by atoms with Gasteiger partial charge in [-0.3, -0.25) is 4.90 Å². The smallest absolute Gasteiger partial charge is 0.223 e. The molecule has 2 aliphatic rings. The minimum atomic E-state index is 0.311. The summed E-state index contributed by atoms with van der Waals surface area (Å²) in [6.07, 6.45) is 3.79. The zero-order chi connectivity index (χ0) is 12.5. The quantitative estimate of drug-likeness (QED) is 0.732. The summed E-state index contributed by atoms with van der Waals surface area (Å²) in [6.45, 7) is 2.44. The highest BCUT2D eigenvalue weighted by atomic mass is 15.3. The summed E-state index contributed by atoms with van der Waals surface area (Å²) >= 11 is 0. The van der Waals surface area contributed by atoms with Gasteiger partial charge in [0.25, 0.3) is 0 Å². The second kappa shape index (κ2) is 4.61. The third kappa shape index (κ3) is 2.08. The summed E-state index contributed by atoms with van der Waals surface area (Å²) in [7, 11) is 1.83. The number of hydrogen-bond donors (Lipinski definition) is 3. The largest absolute Gasteiger partial charge is 0.373 e. The molecule has 1 aromatic heterocycles. The molecule has 0 radical (unpaired) electrons. The van der Waals surface area contributed by atoms with Crippen molar-refractivity contribution in [2.75, 3.05) is 36.5 Å². The number of nitrogens with zero attached hydrogens (tertiary/aromatic N) is 3. The highest BCUT2D eigenvalue weighted by Crippen LogP contribution is 2.30. The number of rotatable bonds is 3. The van der Waals surface area contributed by atoms with Crippen LogP contribution in [0.4, 0.5) is 17.6 Å². The van der Waals surface area contributed by atoms with Crippen molar-refractivity contribution < 1.29 is 0 Å². The third-order valence-corrected chi connectivity index (χ3v) is 3.94. The van der Waals surface area contributed by atoms with E-state index in [1.807, 2.05) is 13.1 Å². The van der Waals surface area contributed by atoms with Crippen LogP contribution in [0.5, 0.6) is 0 Å². The van der Waals surface area contributed by atoms with E-state index in [9.17, 15) is 0 Å². The predicted molar refractivity (Wildman–Crippen MR) is 72.6 cm³/mol. The van der Waals surface area contributed by atoms with Gasteiger partial charge in [0.1, 0.15) is 11.6 Å². The lowest BCUT2D eigenvalue weighted by Gasteiger charge is -2.21. The fourth-order valence-electron chi connectivity index (χ4n) is 3.11. The van der Waals surface area contributed by atoms with E-state index in [-0.39, 0.29) is 0 Å². The Morgan fingerprint density at radius 3 is 2.94 bits per heavy atom. The lowest BCUT2D eigenvalue weighted by Crippen LogP contribution is -2.34. The second-order valence-electron chi connectivity index (χ2n) is 5.03. The molecule has 0 aliphatic carbocycles. The maximum Gasteiger partial charge on any atom is 0.223 e. The molecule has 0 amide bonds. The Labute approximate surface area is 107 Å². The van der Waals surface area contributed by atoms with Gasteiger partial charge < -0.3 is 16.4 Å². The Kier molecular flexibility index (Phi) is 2.95. The van der Waals surface area contributed by atoms with Gasteiger partial charge in [-0.15, -0.1) is 0 Å². The predicted octanol–water partition coefficient (Wildman–Crippen LogP) is 0.749. The van der Waals surface area contributed by atoms with Crippen molar-refractivity contribution in [3.63, 3.8) is 0 Å². The summed E-state index contributed by atoms with van der Waals surface area (Å²) in [5.74, 6) is 1.89.